The van der Waals surface area contributed by atoms with Crippen molar-refractivity contribution in [1.29, 1.82) is 0 Å². The number of benzene rings is 1. The molecule has 1 heterocycles. The summed E-state index contributed by atoms with van der Waals surface area (Å²) < 4.78 is 33.1. The maximum atomic E-state index is 11.2. The van der Waals surface area contributed by atoms with Crippen LogP contribution in [0.1, 0.15) is 0 Å². The van der Waals surface area contributed by atoms with Crippen LogP contribution in [0.2, 0.25) is 5.02 Å². The number of aromatic nitrogens is 1. The third-order valence-corrected chi connectivity index (χ3v) is 3.48. The van der Waals surface area contributed by atoms with Crippen LogP contribution in [0.15, 0.2) is 35.4 Å². The van der Waals surface area contributed by atoms with Crippen molar-refractivity contribution in [2.45, 2.75) is 4.90 Å². The fraction of sp³-hybridized carbons (Fsp3) is 0.100. The molecule has 0 bridgehead atoms. The number of nitrogens with zero attached hydrogens (tertiary/aromatic N) is 1. The van der Waals surface area contributed by atoms with Crippen molar-refractivity contribution in [3.05, 3.63) is 35.5 Å². The van der Waals surface area contributed by atoms with Crippen molar-refractivity contribution < 1.29 is 17.5 Å². The molecule has 0 aliphatic heterocycles. The Morgan fingerprint density at radius 1 is 1.31 bits per heavy atom. The highest BCUT2D eigenvalue weighted by atomic mass is 35.5. The zero-order valence-electron chi connectivity index (χ0n) is 8.38. The van der Waals surface area contributed by atoms with Crippen molar-refractivity contribution in [2.75, 3.05) is 0 Å². The molecule has 0 radical (unpaired) electrons. The second kappa shape index (κ2) is 3.69. The molecule has 16 heavy (non-hydrogen) atoms. The topological polar surface area (TPSA) is 58.2 Å². The highest BCUT2D eigenvalue weighted by Gasteiger charge is 2.18. The first kappa shape index (κ1) is 11.3. The van der Waals surface area contributed by atoms with Gasteiger partial charge in [-0.05, 0) is 12.1 Å². The average molecular weight is 259 g/mol. The summed E-state index contributed by atoms with van der Waals surface area (Å²) in [7, 11) is -2.45. The van der Waals surface area contributed by atoms with E-state index in [4.69, 9.17) is 16.2 Å². The molecule has 1 aromatic carbocycles. The van der Waals surface area contributed by atoms with E-state index in [1.807, 2.05) is 0 Å². The number of fused-ring (bicyclic) bond motifs is 1. The lowest BCUT2D eigenvalue weighted by Crippen LogP contribution is -2.28. The highest BCUT2D eigenvalue weighted by Crippen LogP contribution is 2.22. The first-order valence-corrected chi connectivity index (χ1v) is 6.27. The molecule has 0 saturated carbocycles. The highest BCUT2D eigenvalue weighted by molar-refractivity contribution is 7.86. The largest absolute Gasteiger partial charge is 0.295 e. The van der Waals surface area contributed by atoms with Crippen LogP contribution < -0.4 is 4.57 Å². The lowest BCUT2D eigenvalue weighted by Gasteiger charge is -2.02. The molecule has 2 rings (SSSR count). The molecule has 6 heteroatoms. The summed E-state index contributed by atoms with van der Waals surface area (Å²) in [5.41, 5.74) is 0.641. The summed E-state index contributed by atoms with van der Waals surface area (Å²) in [6, 6.07) is 6.15. The second-order valence-corrected chi connectivity index (χ2v) is 5.25. The zero-order chi connectivity index (χ0) is 11.9. The Hall–Kier alpha value is -1.17. The van der Waals surface area contributed by atoms with Crippen LogP contribution in [-0.2, 0) is 17.2 Å². The maximum absolute atomic E-state index is 11.2. The minimum absolute atomic E-state index is 0.114. The van der Waals surface area contributed by atoms with Gasteiger partial charge in [-0.25, -0.2) is 4.57 Å². The summed E-state index contributed by atoms with van der Waals surface area (Å²) in [4.78, 5) is -0.114. The third kappa shape index (κ3) is 1.89. The Balaban J connectivity index is 2.96. The maximum Gasteiger partial charge on any atom is 0.295 e. The van der Waals surface area contributed by atoms with Crippen LogP contribution in [-0.4, -0.2) is 13.0 Å². The van der Waals surface area contributed by atoms with Gasteiger partial charge in [0.15, 0.2) is 6.20 Å². The Labute approximate surface area is 97.8 Å². The monoisotopic (exact) mass is 258 g/mol. The van der Waals surface area contributed by atoms with Gasteiger partial charge in [-0.15, -0.1) is 0 Å². The minimum Gasteiger partial charge on any atom is -0.282 e. The molecule has 1 aromatic heterocycles. The molecule has 0 unspecified atom stereocenters. The molecule has 0 fully saturated rings. The fourth-order valence-corrected chi connectivity index (χ4v) is 2.43. The van der Waals surface area contributed by atoms with Crippen LogP contribution in [0, 0.1) is 0 Å². The summed E-state index contributed by atoms with van der Waals surface area (Å²) in [6.07, 6.45) is 1.56. The van der Waals surface area contributed by atoms with Gasteiger partial charge in [0, 0.05) is 17.2 Å². The van der Waals surface area contributed by atoms with Crippen LogP contribution in [0.5, 0.6) is 0 Å². The van der Waals surface area contributed by atoms with E-state index in [1.165, 1.54) is 6.07 Å². The van der Waals surface area contributed by atoms with E-state index in [-0.39, 0.29) is 4.90 Å². The number of pyridine rings is 1. The Bertz CT molecular complexity index is 667. The fourth-order valence-electron chi connectivity index (χ4n) is 1.58. The van der Waals surface area contributed by atoms with E-state index in [0.29, 0.717) is 15.9 Å². The number of halogens is 1. The summed E-state index contributed by atoms with van der Waals surface area (Å²) >= 11 is 5.83. The standard InChI is InChI=1S/C10H8ClNO3S/c1-12-5-4-10(16(13,14)15)8-3-2-7(11)6-9(8)12/h2-6H,1H3/p+1. The molecule has 0 amide bonds. The Kier molecular flexibility index (Phi) is 2.61. The molecule has 84 valence electrons. The van der Waals surface area contributed by atoms with E-state index in [0.717, 1.165) is 0 Å². The van der Waals surface area contributed by atoms with Crippen LogP contribution in [0.4, 0.5) is 0 Å². The summed E-state index contributed by atoms with van der Waals surface area (Å²) in [5, 5.41) is 0.951. The SMILES string of the molecule is C[n+]1ccc(S(=O)(=O)O)c2ccc(Cl)cc21. The van der Waals surface area contributed by atoms with E-state index in [9.17, 15) is 8.42 Å². The molecule has 0 aliphatic rings. The molecule has 0 spiro atoms. The van der Waals surface area contributed by atoms with Gasteiger partial charge in [0.25, 0.3) is 10.1 Å². The van der Waals surface area contributed by atoms with Gasteiger partial charge in [-0.3, -0.25) is 4.55 Å². The van der Waals surface area contributed by atoms with E-state index in [2.05, 4.69) is 0 Å². The zero-order valence-corrected chi connectivity index (χ0v) is 9.96. The quantitative estimate of drug-likeness (QED) is 0.624. The number of hydrogen-bond donors (Lipinski definition) is 1. The molecular formula is C10H9ClNO3S+. The molecule has 1 N–H and O–H groups in total. The van der Waals surface area contributed by atoms with Gasteiger partial charge in [0.05, 0.1) is 5.39 Å². The molecule has 2 aromatic rings. The van der Waals surface area contributed by atoms with E-state index < -0.39 is 10.1 Å². The van der Waals surface area contributed by atoms with Crippen molar-refractivity contribution in [2.24, 2.45) is 7.05 Å². The van der Waals surface area contributed by atoms with Crippen molar-refractivity contribution in [3.8, 4) is 0 Å². The average Bonchev–Trinajstić information content (AvgIpc) is 2.17. The number of aryl methyl sites for hydroxylation is 1. The van der Waals surface area contributed by atoms with Crippen molar-refractivity contribution in [1.82, 2.24) is 0 Å². The molecule has 4 nitrogen and oxygen atoms in total. The lowest BCUT2D eigenvalue weighted by atomic mass is 10.2. The predicted octanol–water partition coefficient (Wildman–Crippen LogP) is 1.56. The van der Waals surface area contributed by atoms with Gasteiger partial charge in [0.1, 0.15) is 11.9 Å². The van der Waals surface area contributed by atoms with Crippen molar-refractivity contribution >= 4 is 32.6 Å². The molecular weight excluding hydrogens is 250 g/mol. The van der Waals surface area contributed by atoms with Crippen LogP contribution in [0.25, 0.3) is 10.9 Å². The van der Waals surface area contributed by atoms with E-state index >= 15 is 0 Å². The summed E-state index contributed by atoms with van der Waals surface area (Å²) in [5.74, 6) is 0. The lowest BCUT2D eigenvalue weighted by molar-refractivity contribution is -0.645. The van der Waals surface area contributed by atoms with Gasteiger partial charge in [-0.2, -0.15) is 8.42 Å². The first-order valence-electron chi connectivity index (χ1n) is 4.45. The normalized spacial score (nSPS) is 11.9. The smallest absolute Gasteiger partial charge is 0.282 e. The van der Waals surface area contributed by atoms with Crippen molar-refractivity contribution in [3.63, 3.8) is 0 Å². The van der Waals surface area contributed by atoms with Gasteiger partial charge >= 0.3 is 0 Å². The Morgan fingerprint density at radius 2 is 2.00 bits per heavy atom. The van der Waals surface area contributed by atoms with Crippen LogP contribution in [0.3, 0.4) is 0 Å². The Morgan fingerprint density at radius 3 is 2.62 bits per heavy atom. The first-order chi connectivity index (χ1) is 7.39. The number of hydrogen-bond acceptors (Lipinski definition) is 2. The summed E-state index contributed by atoms with van der Waals surface area (Å²) in [6.45, 7) is 0. The van der Waals surface area contributed by atoms with Gasteiger partial charge in [-0.1, -0.05) is 11.6 Å². The predicted molar refractivity (Wildman–Crippen MR) is 59.9 cm³/mol. The number of rotatable bonds is 1. The van der Waals surface area contributed by atoms with Gasteiger partial charge in [0.2, 0.25) is 5.52 Å². The minimum atomic E-state index is -4.22. The third-order valence-electron chi connectivity index (χ3n) is 2.33. The van der Waals surface area contributed by atoms with E-state index in [1.54, 1.807) is 36.0 Å². The second-order valence-electron chi connectivity index (χ2n) is 3.43. The molecule has 0 aliphatic carbocycles. The molecule has 0 atom stereocenters. The molecule has 0 saturated heterocycles. The van der Waals surface area contributed by atoms with Crippen LogP contribution >= 0.6 is 11.6 Å². The van der Waals surface area contributed by atoms with Gasteiger partial charge < -0.3 is 0 Å².